The van der Waals surface area contributed by atoms with E-state index in [1.54, 1.807) is 7.11 Å². The average molecular weight is 253 g/mol. The van der Waals surface area contributed by atoms with Gasteiger partial charge in [0, 0.05) is 17.3 Å². The summed E-state index contributed by atoms with van der Waals surface area (Å²) in [6.07, 6.45) is 2.34. The first kappa shape index (κ1) is 12.1. The van der Waals surface area contributed by atoms with Gasteiger partial charge in [0.1, 0.15) is 5.75 Å². The Bertz CT molecular complexity index is 592. The second kappa shape index (κ2) is 4.96. The maximum absolute atomic E-state index is 5.45. The fourth-order valence-electron chi connectivity index (χ4n) is 2.70. The molecule has 0 bridgehead atoms. The molecule has 0 amide bonds. The minimum atomic E-state index is 0.574. The molecule has 3 rings (SSSR count). The summed E-state index contributed by atoms with van der Waals surface area (Å²) in [6.45, 7) is 2.23. The van der Waals surface area contributed by atoms with Gasteiger partial charge in [-0.1, -0.05) is 24.3 Å². The van der Waals surface area contributed by atoms with E-state index in [2.05, 4.69) is 42.6 Å². The van der Waals surface area contributed by atoms with Crippen LogP contribution in [0.3, 0.4) is 0 Å². The summed E-state index contributed by atoms with van der Waals surface area (Å²) in [5, 5.41) is 3.54. The highest BCUT2D eigenvalue weighted by atomic mass is 16.5. The maximum atomic E-state index is 5.45. The van der Waals surface area contributed by atoms with E-state index in [0.717, 1.165) is 17.7 Å². The number of ether oxygens (including phenoxy) is 1. The van der Waals surface area contributed by atoms with Crippen LogP contribution in [-0.4, -0.2) is 13.2 Å². The topological polar surface area (TPSA) is 21.3 Å². The molecule has 1 heterocycles. The zero-order valence-corrected chi connectivity index (χ0v) is 11.4. The summed E-state index contributed by atoms with van der Waals surface area (Å²) in [5.41, 5.74) is 5.07. The maximum Gasteiger partial charge on any atom is 0.126 e. The molecule has 0 saturated carbocycles. The van der Waals surface area contributed by atoms with Crippen LogP contribution >= 0.6 is 0 Å². The van der Waals surface area contributed by atoms with Gasteiger partial charge in [-0.3, -0.25) is 0 Å². The van der Waals surface area contributed by atoms with Gasteiger partial charge in [0.05, 0.1) is 7.11 Å². The number of methoxy groups -OCH3 is 1. The van der Waals surface area contributed by atoms with Gasteiger partial charge in [-0.15, -0.1) is 0 Å². The molecular weight excluding hydrogens is 234 g/mol. The molecule has 0 aliphatic carbocycles. The molecule has 0 spiro atoms. The predicted octanol–water partition coefficient (Wildman–Crippen LogP) is 4.11. The van der Waals surface area contributed by atoms with Crippen molar-refractivity contribution in [1.82, 2.24) is 0 Å². The zero-order valence-electron chi connectivity index (χ0n) is 11.4. The van der Waals surface area contributed by atoms with Crippen LogP contribution in [0.15, 0.2) is 42.5 Å². The second-order valence-electron chi connectivity index (χ2n) is 5.16. The van der Waals surface area contributed by atoms with Gasteiger partial charge in [-0.05, 0) is 49.1 Å². The molecule has 98 valence electrons. The number of hydrogen-bond donors (Lipinski definition) is 1. The molecule has 2 nitrogen and oxygen atoms in total. The monoisotopic (exact) mass is 253 g/mol. The van der Waals surface area contributed by atoms with E-state index in [0.29, 0.717) is 6.04 Å². The Labute approximate surface area is 114 Å². The molecule has 1 atom stereocenters. The van der Waals surface area contributed by atoms with Crippen molar-refractivity contribution in [2.45, 2.75) is 25.8 Å². The summed E-state index contributed by atoms with van der Waals surface area (Å²) in [4.78, 5) is 0. The van der Waals surface area contributed by atoms with Crippen LogP contribution in [0, 0.1) is 0 Å². The molecule has 1 aliphatic heterocycles. The van der Waals surface area contributed by atoms with Gasteiger partial charge in [0.25, 0.3) is 0 Å². The number of fused-ring (bicyclic) bond motifs is 1. The number of benzene rings is 2. The van der Waals surface area contributed by atoms with Crippen LogP contribution < -0.4 is 10.1 Å². The highest BCUT2D eigenvalue weighted by Crippen LogP contribution is 2.34. The van der Waals surface area contributed by atoms with Crippen LogP contribution in [0.5, 0.6) is 5.75 Å². The van der Waals surface area contributed by atoms with Gasteiger partial charge < -0.3 is 10.1 Å². The summed E-state index contributed by atoms with van der Waals surface area (Å²) in [7, 11) is 1.72. The highest BCUT2D eigenvalue weighted by molar-refractivity contribution is 5.74. The molecule has 1 N–H and O–H groups in total. The van der Waals surface area contributed by atoms with Gasteiger partial charge >= 0.3 is 0 Å². The summed E-state index contributed by atoms with van der Waals surface area (Å²) < 4.78 is 5.45. The van der Waals surface area contributed by atoms with Crippen molar-refractivity contribution in [3.63, 3.8) is 0 Å². The first-order valence-corrected chi connectivity index (χ1v) is 6.81. The SMILES string of the molecule is COc1ccccc1-c1ccc2c(c1)CCC(C)N2. The lowest BCUT2D eigenvalue weighted by molar-refractivity contribution is 0.416. The third kappa shape index (κ3) is 2.30. The van der Waals surface area contributed by atoms with Gasteiger partial charge in [0.15, 0.2) is 0 Å². The van der Waals surface area contributed by atoms with Crippen molar-refractivity contribution in [3.05, 3.63) is 48.0 Å². The third-order valence-corrected chi connectivity index (χ3v) is 3.77. The normalized spacial score (nSPS) is 17.5. The number of nitrogens with one attached hydrogen (secondary N) is 1. The Kier molecular flexibility index (Phi) is 3.16. The Balaban J connectivity index is 2.02. The molecule has 1 aliphatic rings. The van der Waals surface area contributed by atoms with E-state index in [1.807, 2.05) is 12.1 Å². The van der Waals surface area contributed by atoms with Crippen molar-refractivity contribution in [3.8, 4) is 16.9 Å². The summed E-state index contributed by atoms with van der Waals surface area (Å²) in [6, 6.07) is 15.4. The first-order chi connectivity index (χ1) is 9.28. The Morgan fingerprint density at radius 2 is 2.00 bits per heavy atom. The van der Waals surface area contributed by atoms with Gasteiger partial charge in [-0.25, -0.2) is 0 Å². The number of anilines is 1. The summed E-state index contributed by atoms with van der Waals surface area (Å²) in [5.74, 6) is 0.930. The van der Waals surface area contributed by atoms with Crippen LogP contribution in [0.4, 0.5) is 5.69 Å². The second-order valence-corrected chi connectivity index (χ2v) is 5.16. The lowest BCUT2D eigenvalue weighted by atomic mass is 9.94. The van der Waals surface area contributed by atoms with Crippen LogP contribution in [0.2, 0.25) is 0 Å². The fraction of sp³-hybridized carbons (Fsp3) is 0.294. The van der Waals surface area contributed by atoms with E-state index in [1.165, 1.54) is 23.2 Å². The largest absolute Gasteiger partial charge is 0.496 e. The lowest BCUT2D eigenvalue weighted by Gasteiger charge is -2.24. The van der Waals surface area contributed by atoms with Gasteiger partial charge in [-0.2, -0.15) is 0 Å². The van der Waals surface area contributed by atoms with Gasteiger partial charge in [0.2, 0.25) is 0 Å². The molecule has 0 aromatic heterocycles. The predicted molar refractivity (Wildman–Crippen MR) is 79.8 cm³/mol. The standard InChI is InChI=1S/C17H19NO/c1-12-7-8-14-11-13(9-10-16(14)18-12)15-5-3-4-6-17(15)19-2/h3-6,9-12,18H,7-8H2,1-2H3. The molecule has 2 heteroatoms. The number of aryl methyl sites for hydroxylation is 1. The molecule has 0 saturated heterocycles. The lowest BCUT2D eigenvalue weighted by Crippen LogP contribution is -2.21. The van der Waals surface area contributed by atoms with E-state index in [9.17, 15) is 0 Å². The Hall–Kier alpha value is -1.96. The van der Waals surface area contributed by atoms with Crippen LogP contribution in [0.25, 0.3) is 11.1 Å². The molecule has 0 fully saturated rings. The highest BCUT2D eigenvalue weighted by Gasteiger charge is 2.15. The fourth-order valence-corrected chi connectivity index (χ4v) is 2.70. The number of hydrogen-bond acceptors (Lipinski definition) is 2. The minimum absolute atomic E-state index is 0.574. The average Bonchev–Trinajstić information content (AvgIpc) is 2.46. The molecule has 2 aromatic carbocycles. The van der Waals surface area contributed by atoms with Crippen molar-refractivity contribution >= 4 is 5.69 Å². The zero-order chi connectivity index (χ0) is 13.2. The van der Waals surface area contributed by atoms with E-state index < -0.39 is 0 Å². The molecular formula is C17H19NO. The van der Waals surface area contributed by atoms with E-state index >= 15 is 0 Å². The van der Waals surface area contributed by atoms with Crippen LogP contribution in [-0.2, 0) is 6.42 Å². The quantitative estimate of drug-likeness (QED) is 0.869. The molecule has 0 radical (unpaired) electrons. The Morgan fingerprint density at radius 3 is 2.84 bits per heavy atom. The van der Waals surface area contributed by atoms with Crippen molar-refractivity contribution in [2.24, 2.45) is 0 Å². The van der Waals surface area contributed by atoms with E-state index in [-0.39, 0.29) is 0 Å². The van der Waals surface area contributed by atoms with Crippen molar-refractivity contribution in [1.29, 1.82) is 0 Å². The number of para-hydroxylation sites is 1. The Morgan fingerprint density at radius 1 is 1.16 bits per heavy atom. The first-order valence-electron chi connectivity index (χ1n) is 6.81. The van der Waals surface area contributed by atoms with Crippen molar-refractivity contribution in [2.75, 3.05) is 12.4 Å². The van der Waals surface area contributed by atoms with E-state index in [4.69, 9.17) is 4.74 Å². The van der Waals surface area contributed by atoms with Crippen LogP contribution in [0.1, 0.15) is 18.9 Å². The smallest absolute Gasteiger partial charge is 0.126 e. The van der Waals surface area contributed by atoms with Crippen molar-refractivity contribution < 1.29 is 4.74 Å². The summed E-state index contributed by atoms with van der Waals surface area (Å²) >= 11 is 0. The minimum Gasteiger partial charge on any atom is -0.496 e. The number of rotatable bonds is 2. The molecule has 19 heavy (non-hydrogen) atoms. The third-order valence-electron chi connectivity index (χ3n) is 3.77. The molecule has 1 unspecified atom stereocenters. The molecule has 2 aromatic rings.